The Balaban J connectivity index is 2.62. The molecule has 0 aromatic heterocycles. The van der Waals surface area contributed by atoms with Crippen molar-refractivity contribution in [1.82, 2.24) is 4.90 Å². The minimum atomic E-state index is 0.196. The highest BCUT2D eigenvalue weighted by Gasteiger charge is 2.13. The van der Waals surface area contributed by atoms with E-state index in [1.807, 2.05) is 24.3 Å². The van der Waals surface area contributed by atoms with Gasteiger partial charge in [0.05, 0.1) is 6.54 Å². The van der Waals surface area contributed by atoms with Gasteiger partial charge in [0.15, 0.2) is 5.78 Å². The van der Waals surface area contributed by atoms with Crippen LogP contribution in [0.2, 0.25) is 0 Å². The first-order valence-electron chi connectivity index (χ1n) is 6.57. The maximum Gasteiger partial charge on any atom is 0.176 e. The molecule has 0 heterocycles. The van der Waals surface area contributed by atoms with E-state index in [9.17, 15) is 4.79 Å². The second-order valence-electron chi connectivity index (χ2n) is 4.77. The summed E-state index contributed by atoms with van der Waals surface area (Å²) in [5.41, 5.74) is 0.784. The van der Waals surface area contributed by atoms with Gasteiger partial charge in [-0.3, -0.25) is 9.69 Å². The van der Waals surface area contributed by atoms with Gasteiger partial charge < -0.3 is 0 Å². The van der Waals surface area contributed by atoms with Crippen LogP contribution in [0.1, 0.15) is 37.6 Å². The lowest BCUT2D eigenvalue weighted by Crippen LogP contribution is -2.33. The maximum absolute atomic E-state index is 12.2. The standard InChI is InChI=1S/C15H22BrNO/c1-4-12(3)10-17(5-2)11-15(18)13-7-6-8-14(16)9-13/h6-9,12H,4-5,10-11H2,1-3H3. The van der Waals surface area contributed by atoms with Gasteiger partial charge in [-0.2, -0.15) is 0 Å². The molecule has 1 rings (SSSR count). The molecule has 0 bridgehead atoms. The van der Waals surface area contributed by atoms with Crippen LogP contribution in [0.4, 0.5) is 0 Å². The Morgan fingerprint density at radius 3 is 2.67 bits per heavy atom. The Morgan fingerprint density at radius 1 is 1.39 bits per heavy atom. The SMILES string of the molecule is CCC(C)CN(CC)CC(=O)c1cccc(Br)c1. The number of benzene rings is 1. The molecule has 1 aromatic rings. The van der Waals surface area contributed by atoms with E-state index < -0.39 is 0 Å². The van der Waals surface area contributed by atoms with Crippen LogP contribution in [0.5, 0.6) is 0 Å². The van der Waals surface area contributed by atoms with Crippen molar-refractivity contribution in [3.8, 4) is 0 Å². The summed E-state index contributed by atoms with van der Waals surface area (Å²) >= 11 is 3.40. The summed E-state index contributed by atoms with van der Waals surface area (Å²) in [6.45, 7) is 8.95. The zero-order chi connectivity index (χ0) is 13.5. The number of rotatable bonds is 7. The maximum atomic E-state index is 12.2. The Morgan fingerprint density at radius 2 is 2.11 bits per heavy atom. The third-order valence-corrected chi connectivity index (χ3v) is 3.72. The van der Waals surface area contributed by atoms with Gasteiger partial charge in [-0.1, -0.05) is 55.3 Å². The fraction of sp³-hybridized carbons (Fsp3) is 0.533. The molecule has 0 N–H and O–H groups in total. The zero-order valence-electron chi connectivity index (χ0n) is 11.4. The highest BCUT2D eigenvalue weighted by atomic mass is 79.9. The van der Waals surface area contributed by atoms with Crippen molar-refractivity contribution in [2.75, 3.05) is 19.6 Å². The summed E-state index contributed by atoms with van der Waals surface area (Å²) in [6.07, 6.45) is 1.15. The van der Waals surface area contributed by atoms with E-state index in [2.05, 4.69) is 41.6 Å². The fourth-order valence-electron chi connectivity index (χ4n) is 1.83. The third kappa shape index (κ3) is 4.91. The van der Waals surface area contributed by atoms with E-state index in [-0.39, 0.29) is 5.78 Å². The van der Waals surface area contributed by atoms with Gasteiger partial charge in [0.2, 0.25) is 0 Å². The molecule has 1 aromatic carbocycles. The summed E-state index contributed by atoms with van der Waals surface area (Å²) in [6, 6.07) is 7.61. The van der Waals surface area contributed by atoms with Gasteiger partial charge in [0.25, 0.3) is 0 Å². The quantitative estimate of drug-likeness (QED) is 0.709. The highest BCUT2D eigenvalue weighted by Crippen LogP contribution is 2.13. The summed E-state index contributed by atoms with van der Waals surface area (Å²) in [4.78, 5) is 14.4. The van der Waals surface area contributed by atoms with Crippen molar-refractivity contribution >= 4 is 21.7 Å². The molecule has 3 heteroatoms. The molecule has 0 fully saturated rings. The Hall–Kier alpha value is -0.670. The lowest BCUT2D eigenvalue weighted by Gasteiger charge is -2.22. The Bertz CT molecular complexity index is 392. The number of hydrogen-bond acceptors (Lipinski definition) is 2. The number of nitrogens with zero attached hydrogens (tertiary/aromatic N) is 1. The smallest absolute Gasteiger partial charge is 0.176 e. The summed E-state index contributed by atoms with van der Waals surface area (Å²) < 4.78 is 0.957. The van der Waals surface area contributed by atoms with Gasteiger partial charge in [0, 0.05) is 16.6 Å². The zero-order valence-corrected chi connectivity index (χ0v) is 13.0. The number of carbonyl (C=O) groups excluding carboxylic acids is 1. The molecule has 1 unspecified atom stereocenters. The Kier molecular flexibility index (Phi) is 6.58. The van der Waals surface area contributed by atoms with Crippen molar-refractivity contribution < 1.29 is 4.79 Å². The van der Waals surface area contributed by atoms with Gasteiger partial charge in [-0.25, -0.2) is 0 Å². The first-order valence-corrected chi connectivity index (χ1v) is 7.37. The number of Topliss-reactive ketones (excluding diaryl/α,β-unsaturated/α-hetero) is 1. The summed E-state index contributed by atoms with van der Waals surface area (Å²) in [5.74, 6) is 0.835. The molecular weight excluding hydrogens is 290 g/mol. The topological polar surface area (TPSA) is 20.3 Å². The molecule has 0 aliphatic heterocycles. The summed E-state index contributed by atoms with van der Waals surface area (Å²) in [7, 11) is 0. The van der Waals surface area contributed by atoms with Gasteiger partial charge in [-0.05, 0) is 24.6 Å². The van der Waals surface area contributed by atoms with E-state index in [0.717, 1.165) is 29.5 Å². The van der Waals surface area contributed by atoms with E-state index in [0.29, 0.717) is 12.5 Å². The molecule has 18 heavy (non-hydrogen) atoms. The molecule has 1 atom stereocenters. The van der Waals surface area contributed by atoms with Crippen LogP contribution in [0, 0.1) is 5.92 Å². The molecule has 0 saturated carbocycles. The average molecular weight is 312 g/mol. The van der Waals surface area contributed by atoms with Crippen LogP contribution in [0.3, 0.4) is 0 Å². The first-order chi connectivity index (χ1) is 8.56. The van der Waals surface area contributed by atoms with Crippen molar-refractivity contribution in [3.05, 3.63) is 34.3 Å². The molecule has 0 aliphatic rings. The van der Waals surface area contributed by atoms with Crippen molar-refractivity contribution in [3.63, 3.8) is 0 Å². The van der Waals surface area contributed by atoms with Crippen molar-refractivity contribution in [2.24, 2.45) is 5.92 Å². The van der Waals surface area contributed by atoms with Crippen LogP contribution in [-0.4, -0.2) is 30.3 Å². The number of halogens is 1. The van der Waals surface area contributed by atoms with Crippen LogP contribution in [0.15, 0.2) is 28.7 Å². The first kappa shape index (κ1) is 15.4. The average Bonchev–Trinajstić information content (AvgIpc) is 2.37. The molecule has 0 saturated heterocycles. The van der Waals surface area contributed by atoms with Crippen LogP contribution in [-0.2, 0) is 0 Å². The highest BCUT2D eigenvalue weighted by molar-refractivity contribution is 9.10. The second kappa shape index (κ2) is 7.70. The van der Waals surface area contributed by atoms with Gasteiger partial charge in [0.1, 0.15) is 0 Å². The predicted molar refractivity (Wildman–Crippen MR) is 80.0 cm³/mol. The van der Waals surface area contributed by atoms with Crippen LogP contribution in [0.25, 0.3) is 0 Å². The van der Waals surface area contributed by atoms with E-state index >= 15 is 0 Å². The number of carbonyl (C=O) groups is 1. The number of ketones is 1. The third-order valence-electron chi connectivity index (χ3n) is 3.23. The van der Waals surface area contributed by atoms with Crippen molar-refractivity contribution in [2.45, 2.75) is 27.2 Å². The van der Waals surface area contributed by atoms with Crippen LogP contribution < -0.4 is 0 Å². The van der Waals surface area contributed by atoms with E-state index in [1.54, 1.807) is 0 Å². The minimum absolute atomic E-state index is 0.196. The second-order valence-corrected chi connectivity index (χ2v) is 5.69. The summed E-state index contributed by atoms with van der Waals surface area (Å²) in [5, 5.41) is 0. The van der Waals surface area contributed by atoms with E-state index in [4.69, 9.17) is 0 Å². The van der Waals surface area contributed by atoms with Gasteiger partial charge >= 0.3 is 0 Å². The fourth-order valence-corrected chi connectivity index (χ4v) is 2.23. The Labute approximate surface area is 119 Å². The number of likely N-dealkylation sites (N-methyl/N-ethyl adjacent to an activating group) is 1. The lowest BCUT2D eigenvalue weighted by atomic mass is 10.1. The van der Waals surface area contributed by atoms with E-state index in [1.165, 1.54) is 0 Å². The lowest BCUT2D eigenvalue weighted by molar-refractivity contribution is 0.0924. The van der Waals surface area contributed by atoms with Crippen molar-refractivity contribution in [1.29, 1.82) is 0 Å². The minimum Gasteiger partial charge on any atom is -0.296 e. The van der Waals surface area contributed by atoms with Gasteiger partial charge in [-0.15, -0.1) is 0 Å². The van der Waals surface area contributed by atoms with Crippen LogP contribution >= 0.6 is 15.9 Å². The molecule has 100 valence electrons. The molecular formula is C15H22BrNO. The molecule has 0 radical (unpaired) electrons. The molecule has 2 nitrogen and oxygen atoms in total. The predicted octanol–water partition coefficient (Wildman–Crippen LogP) is 4.00. The monoisotopic (exact) mass is 311 g/mol. The number of hydrogen-bond donors (Lipinski definition) is 0. The normalized spacial score (nSPS) is 12.7. The molecule has 0 aliphatic carbocycles. The molecule has 0 amide bonds. The molecule has 0 spiro atoms. The largest absolute Gasteiger partial charge is 0.296 e.